The minimum absolute atomic E-state index is 0.0217. The van der Waals surface area contributed by atoms with Gasteiger partial charge in [-0.1, -0.05) is 52.5 Å². The highest BCUT2D eigenvalue weighted by Crippen LogP contribution is 2.51. The van der Waals surface area contributed by atoms with Gasteiger partial charge in [0.05, 0.1) is 0 Å². The van der Waals surface area contributed by atoms with Crippen LogP contribution in [0.3, 0.4) is 0 Å². The molecule has 0 bridgehead atoms. The van der Waals surface area contributed by atoms with E-state index in [4.69, 9.17) is 5.11 Å². The van der Waals surface area contributed by atoms with Gasteiger partial charge in [-0.15, -0.1) is 0 Å². The first-order chi connectivity index (χ1) is 9.38. The molecule has 0 aromatic rings. The Hall–Kier alpha value is -1.32. The van der Waals surface area contributed by atoms with Crippen LogP contribution in [0.4, 0.5) is 0 Å². The van der Waals surface area contributed by atoms with Crippen LogP contribution in [-0.4, -0.2) is 17.0 Å². The molecule has 1 atom stereocenters. The van der Waals surface area contributed by atoms with Crippen molar-refractivity contribution in [3.05, 3.63) is 11.8 Å². The van der Waals surface area contributed by atoms with Crippen molar-refractivity contribution < 1.29 is 14.7 Å². The molecule has 1 rings (SSSR count). The number of hydrogen-bond donors (Lipinski definition) is 2. The van der Waals surface area contributed by atoms with E-state index in [1.54, 1.807) is 6.08 Å². The highest BCUT2D eigenvalue weighted by molar-refractivity contribution is 5.94. The summed E-state index contributed by atoms with van der Waals surface area (Å²) in [5, 5.41) is 11.7. The molecule has 4 nitrogen and oxygen atoms in total. The first-order valence-corrected chi connectivity index (χ1v) is 7.63. The van der Waals surface area contributed by atoms with Crippen molar-refractivity contribution in [2.45, 2.75) is 65.7 Å². The maximum Gasteiger partial charge on any atom is 0.352 e. The molecule has 1 aliphatic carbocycles. The molecule has 0 aromatic heterocycles. The van der Waals surface area contributed by atoms with Gasteiger partial charge in [0.15, 0.2) is 0 Å². The second-order valence-electron chi connectivity index (χ2n) is 6.36. The lowest BCUT2D eigenvalue weighted by Gasteiger charge is -2.07. The number of nitrogens with one attached hydrogen (secondary N) is 1. The summed E-state index contributed by atoms with van der Waals surface area (Å²) in [6.07, 6.45) is 8.88. The first kappa shape index (κ1) is 16.7. The Kier molecular flexibility index (Phi) is 6.24. The predicted molar refractivity (Wildman–Crippen MR) is 79.1 cm³/mol. The smallest absolute Gasteiger partial charge is 0.352 e. The van der Waals surface area contributed by atoms with Gasteiger partial charge in [0.2, 0.25) is 5.91 Å². The van der Waals surface area contributed by atoms with Crippen LogP contribution in [-0.2, 0) is 9.59 Å². The number of amides is 1. The molecular formula is C16H27NO3. The van der Waals surface area contributed by atoms with Crippen molar-refractivity contribution >= 4 is 11.9 Å². The van der Waals surface area contributed by atoms with E-state index in [2.05, 4.69) is 12.2 Å². The number of carbonyl (C=O) groups excluding carboxylic acids is 1. The Morgan fingerprint density at radius 2 is 1.85 bits per heavy atom. The summed E-state index contributed by atoms with van der Waals surface area (Å²) in [4.78, 5) is 23.0. The molecule has 4 heteroatoms. The van der Waals surface area contributed by atoms with Gasteiger partial charge in [-0.2, -0.15) is 0 Å². The van der Waals surface area contributed by atoms with Gasteiger partial charge in [0.25, 0.3) is 0 Å². The van der Waals surface area contributed by atoms with Crippen LogP contribution in [0.25, 0.3) is 0 Å². The molecule has 20 heavy (non-hydrogen) atoms. The summed E-state index contributed by atoms with van der Waals surface area (Å²) < 4.78 is 0. The normalized spacial score (nSPS) is 20.6. The molecule has 0 aromatic carbocycles. The van der Waals surface area contributed by atoms with Crippen molar-refractivity contribution in [1.29, 1.82) is 0 Å². The third-order valence-electron chi connectivity index (χ3n) is 3.97. The molecular weight excluding hydrogens is 254 g/mol. The number of rotatable bonds is 9. The lowest BCUT2D eigenvalue weighted by molar-refractivity contribution is -0.135. The fourth-order valence-corrected chi connectivity index (χ4v) is 2.32. The maximum absolute atomic E-state index is 11.9. The topological polar surface area (TPSA) is 66.4 Å². The van der Waals surface area contributed by atoms with Gasteiger partial charge < -0.3 is 10.4 Å². The van der Waals surface area contributed by atoms with Crippen molar-refractivity contribution in [2.24, 2.45) is 11.3 Å². The zero-order chi connectivity index (χ0) is 15.2. The summed E-state index contributed by atoms with van der Waals surface area (Å²) in [6.45, 7) is 6.21. The Morgan fingerprint density at radius 1 is 1.25 bits per heavy atom. The maximum atomic E-state index is 11.9. The van der Waals surface area contributed by atoms with Crippen molar-refractivity contribution in [1.82, 2.24) is 5.32 Å². The fourth-order valence-electron chi connectivity index (χ4n) is 2.32. The van der Waals surface area contributed by atoms with Crippen LogP contribution >= 0.6 is 0 Å². The number of allylic oxidation sites excluding steroid dienone is 1. The monoisotopic (exact) mass is 281 g/mol. The molecule has 0 spiro atoms. The SMILES string of the molecule is CCCCCCC/C=C(/NC(=O)C1CC1(C)C)C(=O)O. The number of hydrogen-bond acceptors (Lipinski definition) is 2. The molecule has 0 saturated heterocycles. The van der Waals surface area contributed by atoms with Crippen LogP contribution in [0.15, 0.2) is 11.8 Å². The molecule has 0 radical (unpaired) electrons. The van der Waals surface area contributed by atoms with E-state index >= 15 is 0 Å². The van der Waals surface area contributed by atoms with Crippen LogP contribution in [0, 0.1) is 11.3 Å². The molecule has 1 aliphatic rings. The summed E-state index contributed by atoms with van der Waals surface area (Å²) in [7, 11) is 0. The van der Waals surface area contributed by atoms with Crippen LogP contribution in [0.2, 0.25) is 0 Å². The molecule has 1 amide bonds. The minimum Gasteiger partial charge on any atom is -0.477 e. The Labute approximate surface area is 121 Å². The molecule has 114 valence electrons. The van der Waals surface area contributed by atoms with E-state index in [0.29, 0.717) is 6.42 Å². The van der Waals surface area contributed by atoms with Gasteiger partial charge in [-0.25, -0.2) is 4.79 Å². The van der Waals surface area contributed by atoms with Gasteiger partial charge in [0, 0.05) is 5.92 Å². The lowest BCUT2D eigenvalue weighted by atomic mass is 10.1. The highest BCUT2D eigenvalue weighted by atomic mass is 16.4. The van der Waals surface area contributed by atoms with Crippen LogP contribution in [0.5, 0.6) is 0 Å². The van der Waals surface area contributed by atoms with E-state index in [1.165, 1.54) is 19.3 Å². The number of carbonyl (C=O) groups is 2. The summed E-state index contributed by atoms with van der Waals surface area (Å²) >= 11 is 0. The zero-order valence-corrected chi connectivity index (χ0v) is 12.9. The average molecular weight is 281 g/mol. The first-order valence-electron chi connectivity index (χ1n) is 7.63. The third-order valence-corrected chi connectivity index (χ3v) is 3.97. The quantitative estimate of drug-likeness (QED) is 0.502. The van der Waals surface area contributed by atoms with E-state index in [0.717, 1.165) is 19.3 Å². The van der Waals surface area contributed by atoms with E-state index < -0.39 is 5.97 Å². The lowest BCUT2D eigenvalue weighted by Crippen LogP contribution is -2.29. The van der Waals surface area contributed by atoms with Crippen molar-refractivity contribution in [2.75, 3.05) is 0 Å². The highest BCUT2D eigenvalue weighted by Gasteiger charge is 2.50. The molecule has 2 N–H and O–H groups in total. The summed E-state index contributed by atoms with van der Waals surface area (Å²) in [5.74, 6) is -1.25. The van der Waals surface area contributed by atoms with E-state index in [1.807, 2.05) is 13.8 Å². The standard InChI is InChI=1S/C16H27NO3/c1-4-5-6-7-8-9-10-13(15(19)20)17-14(18)12-11-16(12,2)3/h10,12H,4-9,11H2,1-3H3,(H,17,18)(H,19,20)/b13-10+. The van der Waals surface area contributed by atoms with Gasteiger partial charge >= 0.3 is 5.97 Å². The van der Waals surface area contributed by atoms with Crippen molar-refractivity contribution in [3.8, 4) is 0 Å². The second kappa shape index (κ2) is 7.46. The second-order valence-corrected chi connectivity index (χ2v) is 6.36. The van der Waals surface area contributed by atoms with Gasteiger partial charge in [0.1, 0.15) is 5.70 Å². The molecule has 0 heterocycles. The fraction of sp³-hybridized carbons (Fsp3) is 0.750. The Balaban J connectivity index is 2.36. The molecule has 1 saturated carbocycles. The summed E-state index contributed by atoms with van der Waals surface area (Å²) in [5.41, 5.74) is 0.0570. The number of aliphatic carboxylic acids is 1. The summed E-state index contributed by atoms with van der Waals surface area (Å²) in [6, 6.07) is 0. The van der Waals surface area contributed by atoms with E-state index in [-0.39, 0.29) is 22.9 Å². The van der Waals surface area contributed by atoms with Crippen LogP contribution in [0.1, 0.15) is 65.7 Å². The molecule has 0 aliphatic heterocycles. The third kappa shape index (κ3) is 5.35. The van der Waals surface area contributed by atoms with Crippen molar-refractivity contribution in [3.63, 3.8) is 0 Å². The molecule has 1 unspecified atom stereocenters. The van der Waals surface area contributed by atoms with E-state index in [9.17, 15) is 9.59 Å². The number of carboxylic acid groups (broad SMARTS) is 1. The zero-order valence-electron chi connectivity index (χ0n) is 12.9. The Morgan fingerprint density at radius 3 is 2.35 bits per heavy atom. The van der Waals surface area contributed by atoms with Crippen LogP contribution < -0.4 is 5.32 Å². The average Bonchev–Trinajstić information content (AvgIpc) is 3.01. The molecule has 1 fully saturated rings. The number of carboxylic acids is 1. The van der Waals surface area contributed by atoms with Gasteiger partial charge in [-0.05, 0) is 24.7 Å². The number of unbranched alkanes of at least 4 members (excludes halogenated alkanes) is 5. The Bertz CT molecular complexity index is 385. The largest absolute Gasteiger partial charge is 0.477 e. The minimum atomic E-state index is -1.05. The van der Waals surface area contributed by atoms with Gasteiger partial charge in [-0.3, -0.25) is 4.79 Å². The predicted octanol–water partition coefficient (Wildman–Crippen LogP) is 3.48.